The van der Waals surface area contributed by atoms with Crippen LogP contribution in [0.5, 0.6) is 17.2 Å². The molecule has 11 heteroatoms. The number of nitrogens with one attached hydrogen (secondary N) is 1. The Labute approximate surface area is 216 Å². The molecule has 0 unspecified atom stereocenters. The predicted octanol–water partition coefficient (Wildman–Crippen LogP) is 4.64. The number of hydrogen-bond acceptors (Lipinski definition) is 8. The van der Waals surface area contributed by atoms with Crippen LogP contribution in [0.4, 0.5) is 0 Å². The Kier molecular flexibility index (Phi) is 8.09. The highest BCUT2D eigenvalue weighted by atomic mass is 35.5. The van der Waals surface area contributed by atoms with Crippen LogP contribution in [0.25, 0.3) is 17.1 Å². The minimum Gasteiger partial charge on any atom is -0.508 e. The van der Waals surface area contributed by atoms with Gasteiger partial charge in [-0.2, -0.15) is 5.10 Å². The van der Waals surface area contributed by atoms with Gasteiger partial charge in [-0.1, -0.05) is 23.4 Å². The second-order valence-corrected chi connectivity index (χ2v) is 8.78. The first-order chi connectivity index (χ1) is 17.4. The molecule has 0 atom stereocenters. The number of hydrazone groups is 1. The Morgan fingerprint density at radius 1 is 1.11 bits per heavy atom. The fourth-order valence-electron chi connectivity index (χ4n) is 3.22. The molecule has 0 radical (unpaired) electrons. The van der Waals surface area contributed by atoms with Gasteiger partial charge in [0.05, 0.1) is 18.6 Å². The summed E-state index contributed by atoms with van der Waals surface area (Å²) in [6.45, 7) is 2.48. The Balaban J connectivity index is 1.52. The molecule has 0 aliphatic carbocycles. The van der Waals surface area contributed by atoms with Crippen molar-refractivity contribution in [3.63, 3.8) is 0 Å². The molecule has 4 rings (SSSR count). The normalized spacial score (nSPS) is 11.1. The van der Waals surface area contributed by atoms with Crippen molar-refractivity contribution < 1.29 is 19.7 Å². The number of nitrogens with zero attached hydrogens (tertiary/aromatic N) is 4. The zero-order valence-electron chi connectivity index (χ0n) is 19.1. The van der Waals surface area contributed by atoms with Gasteiger partial charge in [-0.3, -0.25) is 9.36 Å². The Hall–Kier alpha value is -4.02. The molecule has 3 aromatic carbocycles. The first kappa shape index (κ1) is 25.1. The Bertz CT molecular complexity index is 1370. The molecule has 4 aromatic rings. The summed E-state index contributed by atoms with van der Waals surface area (Å²) >= 11 is 7.25. The van der Waals surface area contributed by atoms with Gasteiger partial charge >= 0.3 is 0 Å². The highest BCUT2D eigenvalue weighted by molar-refractivity contribution is 7.99. The monoisotopic (exact) mass is 523 g/mol. The minimum absolute atomic E-state index is 0.0225. The van der Waals surface area contributed by atoms with E-state index in [1.807, 2.05) is 47.9 Å². The van der Waals surface area contributed by atoms with Crippen molar-refractivity contribution in [3.05, 3.63) is 77.3 Å². The van der Waals surface area contributed by atoms with Gasteiger partial charge in [-0.05, 0) is 67.6 Å². The second-order valence-electron chi connectivity index (χ2n) is 7.40. The standard InChI is InChI=1S/C25H22ClN5O4S/c1-2-35-21-11-8-19(9-12-21)31-24(16-3-6-18(26)7-4-16)29-30-25(31)36-15-23(34)28-27-14-17-5-10-20(32)13-22(17)33/h3-14,32-33H,2,15H2,1H3,(H,28,34)/b27-14+. The maximum atomic E-state index is 12.4. The van der Waals surface area contributed by atoms with E-state index < -0.39 is 0 Å². The van der Waals surface area contributed by atoms with E-state index in [2.05, 4.69) is 20.7 Å². The number of halogens is 1. The van der Waals surface area contributed by atoms with Gasteiger partial charge in [0.15, 0.2) is 11.0 Å². The minimum atomic E-state index is -0.371. The summed E-state index contributed by atoms with van der Waals surface area (Å²) in [6.07, 6.45) is 1.29. The van der Waals surface area contributed by atoms with E-state index in [4.69, 9.17) is 16.3 Å². The lowest BCUT2D eigenvalue weighted by molar-refractivity contribution is -0.118. The van der Waals surface area contributed by atoms with Gasteiger partial charge in [0, 0.05) is 27.9 Å². The number of hydrogen-bond donors (Lipinski definition) is 3. The molecule has 1 amide bonds. The number of phenols is 2. The van der Waals surface area contributed by atoms with Gasteiger partial charge < -0.3 is 14.9 Å². The molecule has 0 bridgehead atoms. The predicted molar refractivity (Wildman–Crippen MR) is 139 cm³/mol. The van der Waals surface area contributed by atoms with Gasteiger partial charge in [0.2, 0.25) is 0 Å². The molecular weight excluding hydrogens is 502 g/mol. The van der Waals surface area contributed by atoms with E-state index in [1.165, 1.54) is 36.2 Å². The third kappa shape index (κ3) is 6.15. The smallest absolute Gasteiger partial charge is 0.250 e. The maximum absolute atomic E-state index is 12.4. The van der Waals surface area contributed by atoms with E-state index in [0.29, 0.717) is 28.2 Å². The molecule has 0 saturated carbocycles. The molecular formula is C25H22ClN5O4S. The number of amides is 1. The number of benzene rings is 3. The first-order valence-electron chi connectivity index (χ1n) is 10.9. The van der Waals surface area contributed by atoms with Gasteiger partial charge in [-0.25, -0.2) is 5.43 Å². The fraction of sp³-hybridized carbons (Fsp3) is 0.120. The van der Waals surface area contributed by atoms with Crippen LogP contribution in [0.15, 0.2) is 77.0 Å². The van der Waals surface area contributed by atoms with E-state index in [0.717, 1.165) is 17.0 Å². The third-order valence-corrected chi connectivity index (χ3v) is 6.06. The lowest BCUT2D eigenvalue weighted by Crippen LogP contribution is -2.20. The van der Waals surface area contributed by atoms with Crippen molar-refractivity contribution in [1.82, 2.24) is 20.2 Å². The van der Waals surface area contributed by atoms with E-state index in [1.54, 1.807) is 12.1 Å². The van der Waals surface area contributed by atoms with Gasteiger partial charge in [0.1, 0.15) is 17.2 Å². The summed E-state index contributed by atoms with van der Waals surface area (Å²) in [5.41, 5.74) is 4.38. The van der Waals surface area contributed by atoms with E-state index in [-0.39, 0.29) is 23.2 Å². The van der Waals surface area contributed by atoms with Crippen molar-refractivity contribution in [2.24, 2.45) is 5.10 Å². The van der Waals surface area contributed by atoms with Crippen molar-refractivity contribution in [2.75, 3.05) is 12.4 Å². The number of aromatic nitrogens is 3. The molecule has 1 aromatic heterocycles. The van der Waals surface area contributed by atoms with Crippen LogP contribution in [-0.4, -0.2) is 49.5 Å². The number of phenolic OH excluding ortho intramolecular Hbond substituents is 2. The van der Waals surface area contributed by atoms with Gasteiger partial charge in [-0.15, -0.1) is 10.2 Å². The molecule has 9 nitrogen and oxygen atoms in total. The summed E-state index contributed by atoms with van der Waals surface area (Å²) in [6, 6.07) is 18.8. The summed E-state index contributed by atoms with van der Waals surface area (Å²) < 4.78 is 7.40. The summed E-state index contributed by atoms with van der Waals surface area (Å²) in [4.78, 5) is 12.4. The van der Waals surface area contributed by atoms with Crippen LogP contribution < -0.4 is 10.2 Å². The summed E-state index contributed by atoms with van der Waals surface area (Å²) in [7, 11) is 0. The van der Waals surface area contributed by atoms with E-state index >= 15 is 0 Å². The molecule has 0 aliphatic heterocycles. The van der Waals surface area contributed by atoms with Crippen LogP contribution in [0.2, 0.25) is 5.02 Å². The first-order valence-corrected chi connectivity index (χ1v) is 12.2. The molecule has 0 saturated heterocycles. The largest absolute Gasteiger partial charge is 0.508 e. The van der Waals surface area contributed by atoms with Crippen molar-refractivity contribution in [3.8, 4) is 34.3 Å². The molecule has 0 aliphatic rings. The van der Waals surface area contributed by atoms with Crippen LogP contribution in [-0.2, 0) is 4.79 Å². The van der Waals surface area contributed by atoms with Crippen LogP contribution in [0, 0.1) is 0 Å². The zero-order valence-corrected chi connectivity index (χ0v) is 20.7. The lowest BCUT2D eigenvalue weighted by Gasteiger charge is -2.11. The number of thioether (sulfide) groups is 1. The fourth-order valence-corrected chi connectivity index (χ4v) is 4.09. The molecule has 3 N–H and O–H groups in total. The maximum Gasteiger partial charge on any atom is 0.250 e. The van der Waals surface area contributed by atoms with Crippen molar-refractivity contribution >= 4 is 35.5 Å². The average Bonchev–Trinajstić information content (AvgIpc) is 3.29. The number of carbonyl (C=O) groups is 1. The van der Waals surface area contributed by atoms with E-state index in [9.17, 15) is 15.0 Å². The van der Waals surface area contributed by atoms with Crippen LogP contribution >= 0.6 is 23.4 Å². The topological polar surface area (TPSA) is 122 Å². The van der Waals surface area contributed by atoms with Crippen LogP contribution in [0.3, 0.4) is 0 Å². The van der Waals surface area contributed by atoms with Crippen LogP contribution in [0.1, 0.15) is 12.5 Å². The third-order valence-electron chi connectivity index (χ3n) is 4.88. The molecule has 0 fully saturated rings. The molecule has 36 heavy (non-hydrogen) atoms. The molecule has 0 spiro atoms. The Morgan fingerprint density at radius 2 is 1.86 bits per heavy atom. The zero-order chi connectivity index (χ0) is 25.5. The average molecular weight is 524 g/mol. The second kappa shape index (κ2) is 11.6. The quantitative estimate of drug-likeness (QED) is 0.166. The number of aromatic hydroxyl groups is 2. The number of carbonyl (C=O) groups excluding carboxylic acids is 1. The molecule has 184 valence electrons. The summed E-state index contributed by atoms with van der Waals surface area (Å²) in [5.74, 6) is 0.770. The number of rotatable bonds is 9. The SMILES string of the molecule is CCOc1ccc(-n2c(SCC(=O)N/N=C/c3ccc(O)cc3O)nnc2-c2ccc(Cl)cc2)cc1. The lowest BCUT2D eigenvalue weighted by atomic mass is 10.2. The van der Waals surface area contributed by atoms with Crippen molar-refractivity contribution in [2.45, 2.75) is 12.1 Å². The highest BCUT2D eigenvalue weighted by Gasteiger charge is 2.17. The van der Waals surface area contributed by atoms with Crippen molar-refractivity contribution in [1.29, 1.82) is 0 Å². The molecule has 1 heterocycles. The highest BCUT2D eigenvalue weighted by Crippen LogP contribution is 2.29. The van der Waals surface area contributed by atoms with Gasteiger partial charge in [0.25, 0.3) is 5.91 Å². The number of ether oxygens (including phenoxy) is 1. The summed E-state index contributed by atoms with van der Waals surface area (Å²) in [5, 5.41) is 32.8. The Morgan fingerprint density at radius 3 is 2.56 bits per heavy atom.